The zero-order valence-electron chi connectivity index (χ0n) is 12.8. The number of hydrogen-bond acceptors (Lipinski definition) is 4. The molecule has 0 bridgehead atoms. The molecule has 0 aromatic heterocycles. The molecular weight excluding hydrogens is 304 g/mol. The van der Waals surface area contributed by atoms with Crippen molar-refractivity contribution in [3.05, 3.63) is 29.8 Å². The third kappa shape index (κ3) is 7.14. The molecule has 0 atom stereocenters. The molecule has 118 valence electrons. The van der Waals surface area contributed by atoms with E-state index in [9.17, 15) is 13.2 Å². The molecule has 0 radical (unpaired) electrons. The second kappa shape index (κ2) is 9.26. The van der Waals surface area contributed by atoms with Crippen LogP contribution in [0.25, 0.3) is 0 Å². The summed E-state index contributed by atoms with van der Waals surface area (Å²) in [5.74, 6) is 0.659. The highest BCUT2D eigenvalue weighted by Gasteiger charge is 2.14. The zero-order chi connectivity index (χ0) is 15.7. The molecule has 0 N–H and O–H groups in total. The maximum atomic E-state index is 12.2. The fourth-order valence-corrected chi connectivity index (χ4v) is 4.09. The lowest BCUT2D eigenvalue weighted by molar-refractivity contribution is -0.109. The Labute approximate surface area is 132 Å². The number of thioether (sulfide) groups is 1. The third-order valence-corrected chi connectivity index (χ3v) is 5.93. The Kier molecular flexibility index (Phi) is 8.04. The minimum Gasteiger partial charge on any atom is -0.288 e. The first-order chi connectivity index (χ1) is 9.95. The van der Waals surface area contributed by atoms with E-state index in [2.05, 4.69) is 6.92 Å². The smallest absolute Gasteiger partial charge is 0.185 e. The van der Waals surface area contributed by atoms with Crippen molar-refractivity contribution in [2.75, 3.05) is 11.5 Å². The van der Waals surface area contributed by atoms with E-state index < -0.39 is 9.84 Å². The highest BCUT2D eigenvalue weighted by atomic mass is 32.2. The van der Waals surface area contributed by atoms with Gasteiger partial charge in [0, 0.05) is 12.7 Å². The number of rotatable bonds is 9. The van der Waals surface area contributed by atoms with E-state index in [1.54, 1.807) is 12.1 Å². The summed E-state index contributed by atoms with van der Waals surface area (Å²) in [6.45, 7) is 3.66. The molecule has 0 aliphatic carbocycles. The van der Waals surface area contributed by atoms with Gasteiger partial charge in [0.1, 0.15) is 0 Å². The van der Waals surface area contributed by atoms with Crippen LogP contribution in [0, 0.1) is 0 Å². The Morgan fingerprint density at radius 2 is 1.76 bits per heavy atom. The lowest BCUT2D eigenvalue weighted by Gasteiger charge is -2.06. The summed E-state index contributed by atoms with van der Waals surface area (Å²) < 4.78 is 24.3. The molecule has 0 amide bonds. The van der Waals surface area contributed by atoms with Gasteiger partial charge in [0.05, 0.1) is 10.6 Å². The second-order valence-corrected chi connectivity index (χ2v) is 8.49. The fourth-order valence-electron chi connectivity index (χ4n) is 2.03. The van der Waals surface area contributed by atoms with Crippen LogP contribution in [-0.4, -0.2) is 25.0 Å². The van der Waals surface area contributed by atoms with Gasteiger partial charge >= 0.3 is 0 Å². The molecule has 0 fully saturated rings. The van der Waals surface area contributed by atoms with E-state index in [-0.39, 0.29) is 10.9 Å². The maximum Gasteiger partial charge on any atom is 0.185 e. The van der Waals surface area contributed by atoms with Gasteiger partial charge in [0.15, 0.2) is 15.0 Å². The standard InChI is InChI=1S/C16H24O3S2/c1-3-4-5-7-15-8-10-16(11-9-15)21(18,19)13-6-12-20-14(2)17/h8-11H,3-7,12-13H2,1-2H3. The van der Waals surface area contributed by atoms with Crippen molar-refractivity contribution in [1.29, 1.82) is 0 Å². The average molecular weight is 328 g/mol. The van der Waals surface area contributed by atoms with Gasteiger partial charge in [-0.15, -0.1) is 0 Å². The Hall–Kier alpha value is -0.810. The van der Waals surface area contributed by atoms with Crippen molar-refractivity contribution < 1.29 is 13.2 Å². The first-order valence-electron chi connectivity index (χ1n) is 7.41. The molecule has 1 rings (SSSR count). The first kappa shape index (κ1) is 18.2. The van der Waals surface area contributed by atoms with Gasteiger partial charge in [0.2, 0.25) is 0 Å². The van der Waals surface area contributed by atoms with Gasteiger partial charge in [-0.3, -0.25) is 4.79 Å². The van der Waals surface area contributed by atoms with Crippen molar-refractivity contribution in [2.24, 2.45) is 0 Å². The minimum atomic E-state index is -3.22. The lowest BCUT2D eigenvalue weighted by Crippen LogP contribution is -2.08. The molecular formula is C16H24O3S2. The molecule has 0 unspecified atom stereocenters. The summed E-state index contributed by atoms with van der Waals surface area (Å²) in [7, 11) is -3.22. The Bertz CT molecular complexity index is 533. The molecule has 0 saturated heterocycles. The predicted octanol–water partition coefficient (Wildman–Crippen LogP) is 3.86. The molecule has 1 aromatic rings. The van der Waals surface area contributed by atoms with Crippen molar-refractivity contribution >= 4 is 26.7 Å². The topological polar surface area (TPSA) is 51.2 Å². The molecule has 3 nitrogen and oxygen atoms in total. The van der Waals surface area contributed by atoms with Gasteiger partial charge in [-0.25, -0.2) is 8.42 Å². The number of sulfone groups is 1. The number of benzene rings is 1. The van der Waals surface area contributed by atoms with Crippen LogP contribution < -0.4 is 0 Å². The molecule has 5 heteroatoms. The second-order valence-electron chi connectivity index (χ2n) is 5.11. The lowest BCUT2D eigenvalue weighted by atomic mass is 10.1. The van der Waals surface area contributed by atoms with Gasteiger partial charge in [-0.1, -0.05) is 43.7 Å². The van der Waals surface area contributed by atoms with Crippen LogP contribution in [0.2, 0.25) is 0 Å². The highest BCUT2D eigenvalue weighted by Crippen LogP contribution is 2.16. The Morgan fingerprint density at radius 3 is 2.33 bits per heavy atom. The summed E-state index contributed by atoms with van der Waals surface area (Å²) in [6.07, 6.45) is 5.04. The van der Waals surface area contributed by atoms with Crippen LogP contribution in [0.1, 0.15) is 45.1 Å². The van der Waals surface area contributed by atoms with E-state index in [4.69, 9.17) is 0 Å². The van der Waals surface area contributed by atoms with Crippen molar-refractivity contribution in [2.45, 2.75) is 50.8 Å². The molecule has 21 heavy (non-hydrogen) atoms. The van der Waals surface area contributed by atoms with Gasteiger partial charge in [-0.05, 0) is 37.0 Å². The summed E-state index contributed by atoms with van der Waals surface area (Å²) in [4.78, 5) is 11.2. The van der Waals surface area contributed by atoms with Crippen LogP contribution in [0.3, 0.4) is 0 Å². The quantitative estimate of drug-likeness (QED) is 0.646. The molecule has 1 aromatic carbocycles. The van der Waals surface area contributed by atoms with Crippen LogP contribution >= 0.6 is 11.8 Å². The zero-order valence-corrected chi connectivity index (χ0v) is 14.4. The minimum absolute atomic E-state index is 0.0313. The first-order valence-corrected chi connectivity index (χ1v) is 10.0. The van der Waals surface area contributed by atoms with E-state index in [1.807, 2.05) is 12.1 Å². The van der Waals surface area contributed by atoms with E-state index in [0.29, 0.717) is 17.1 Å². The number of hydrogen-bond donors (Lipinski definition) is 0. The summed E-state index contributed by atoms with van der Waals surface area (Å²) in [5, 5.41) is 0.0313. The third-order valence-electron chi connectivity index (χ3n) is 3.21. The maximum absolute atomic E-state index is 12.2. The normalized spacial score (nSPS) is 11.5. The Balaban J connectivity index is 2.52. The highest BCUT2D eigenvalue weighted by molar-refractivity contribution is 8.13. The summed E-state index contributed by atoms with van der Waals surface area (Å²) in [5.41, 5.74) is 1.19. The fraction of sp³-hybridized carbons (Fsp3) is 0.562. The monoisotopic (exact) mass is 328 g/mol. The summed E-state index contributed by atoms with van der Waals surface area (Å²) in [6, 6.07) is 7.23. The molecule has 0 aliphatic rings. The van der Waals surface area contributed by atoms with Crippen molar-refractivity contribution in [3.63, 3.8) is 0 Å². The Morgan fingerprint density at radius 1 is 1.10 bits per heavy atom. The van der Waals surface area contributed by atoms with Crippen molar-refractivity contribution in [3.8, 4) is 0 Å². The molecule has 0 spiro atoms. The number of aryl methyl sites for hydroxylation is 1. The van der Waals surface area contributed by atoms with Crippen molar-refractivity contribution in [1.82, 2.24) is 0 Å². The number of unbranched alkanes of at least 4 members (excludes halogenated alkanes) is 2. The van der Waals surface area contributed by atoms with Crippen LogP contribution in [0.5, 0.6) is 0 Å². The molecule has 0 aliphatic heterocycles. The molecule has 0 saturated carbocycles. The van der Waals surface area contributed by atoms with E-state index in [0.717, 1.165) is 12.8 Å². The number of carbonyl (C=O) groups is 1. The van der Waals surface area contributed by atoms with Gasteiger partial charge in [0.25, 0.3) is 0 Å². The summed E-state index contributed by atoms with van der Waals surface area (Å²) >= 11 is 1.18. The van der Waals surface area contributed by atoms with E-state index in [1.165, 1.54) is 37.1 Å². The van der Waals surface area contributed by atoms with Gasteiger partial charge in [-0.2, -0.15) is 0 Å². The SMILES string of the molecule is CCCCCc1ccc(S(=O)(=O)CCCSC(C)=O)cc1. The molecule has 0 heterocycles. The largest absolute Gasteiger partial charge is 0.288 e. The van der Waals surface area contributed by atoms with Gasteiger partial charge < -0.3 is 0 Å². The van der Waals surface area contributed by atoms with E-state index >= 15 is 0 Å². The van der Waals surface area contributed by atoms with Crippen LogP contribution in [-0.2, 0) is 21.1 Å². The van der Waals surface area contributed by atoms with Crippen LogP contribution in [0.4, 0.5) is 0 Å². The average Bonchev–Trinajstić information content (AvgIpc) is 2.44. The van der Waals surface area contributed by atoms with Crippen LogP contribution in [0.15, 0.2) is 29.2 Å². The predicted molar refractivity (Wildman–Crippen MR) is 89.5 cm³/mol. The number of carbonyl (C=O) groups excluding carboxylic acids is 1.